The SMILES string of the molecule is CNC1CCCN(CC(=O)N(C(C)C)C2CCCC2)C1. The van der Waals surface area contributed by atoms with E-state index in [9.17, 15) is 4.79 Å². The summed E-state index contributed by atoms with van der Waals surface area (Å²) in [5.41, 5.74) is 0. The number of rotatable bonds is 5. The van der Waals surface area contributed by atoms with Crippen LogP contribution in [0.15, 0.2) is 0 Å². The summed E-state index contributed by atoms with van der Waals surface area (Å²) in [6.07, 6.45) is 7.40. The zero-order valence-corrected chi connectivity index (χ0v) is 13.4. The van der Waals surface area contributed by atoms with Crippen molar-refractivity contribution >= 4 is 5.91 Å². The van der Waals surface area contributed by atoms with Crippen LogP contribution in [0.2, 0.25) is 0 Å². The molecule has 1 N–H and O–H groups in total. The maximum absolute atomic E-state index is 12.7. The predicted octanol–water partition coefficient (Wildman–Crippen LogP) is 1.85. The Morgan fingerprint density at radius 1 is 1.25 bits per heavy atom. The number of piperidine rings is 1. The van der Waals surface area contributed by atoms with E-state index < -0.39 is 0 Å². The molecule has 1 atom stereocenters. The van der Waals surface area contributed by atoms with E-state index in [1.165, 1.54) is 38.5 Å². The number of carbonyl (C=O) groups excluding carboxylic acids is 1. The minimum Gasteiger partial charge on any atom is -0.336 e. The van der Waals surface area contributed by atoms with Gasteiger partial charge in [-0.25, -0.2) is 0 Å². The number of hydrogen-bond acceptors (Lipinski definition) is 3. The van der Waals surface area contributed by atoms with Gasteiger partial charge in [0.15, 0.2) is 0 Å². The van der Waals surface area contributed by atoms with Crippen molar-refractivity contribution in [2.75, 3.05) is 26.7 Å². The van der Waals surface area contributed by atoms with Crippen LogP contribution in [-0.2, 0) is 4.79 Å². The lowest BCUT2D eigenvalue weighted by Gasteiger charge is -2.37. The topological polar surface area (TPSA) is 35.6 Å². The van der Waals surface area contributed by atoms with Gasteiger partial charge in [-0.3, -0.25) is 9.69 Å². The van der Waals surface area contributed by atoms with Crippen molar-refractivity contribution < 1.29 is 4.79 Å². The molecule has 1 heterocycles. The summed E-state index contributed by atoms with van der Waals surface area (Å²) >= 11 is 0. The van der Waals surface area contributed by atoms with E-state index in [0.29, 0.717) is 30.6 Å². The first kappa shape index (κ1) is 15.8. The van der Waals surface area contributed by atoms with Crippen LogP contribution in [0.5, 0.6) is 0 Å². The zero-order chi connectivity index (χ0) is 14.5. The lowest BCUT2D eigenvalue weighted by atomic mass is 10.1. The van der Waals surface area contributed by atoms with Gasteiger partial charge >= 0.3 is 0 Å². The van der Waals surface area contributed by atoms with E-state index in [0.717, 1.165) is 13.1 Å². The summed E-state index contributed by atoms with van der Waals surface area (Å²) in [7, 11) is 2.02. The van der Waals surface area contributed by atoms with Gasteiger partial charge in [-0.15, -0.1) is 0 Å². The lowest BCUT2D eigenvalue weighted by Crippen LogP contribution is -2.51. The Labute approximate surface area is 123 Å². The van der Waals surface area contributed by atoms with Crippen molar-refractivity contribution in [1.82, 2.24) is 15.1 Å². The molecule has 1 saturated carbocycles. The summed E-state index contributed by atoms with van der Waals surface area (Å²) in [4.78, 5) is 17.2. The van der Waals surface area contributed by atoms with Crippen LogP contribution in [0.4, 0.5) is 0 Å². The monoisotopic (exact) mass is 281 g/mol. The fraction of sp³-hybridized carbons (Fsp3) is 0.938. The van der Waals surface area contributed by atoms with Gasteiger partial charge in [0.2, 0.25) is 5.91 Å². The molecule has 2 aliphatic rings. The summed E-state index contributed by atoms with van der Waals surface area (Å²) in [6.45, 7) is 7.00. The van der Waals surface area contributed by atoms with E-state index >= 15 is 0 Å². The number of nitrogens with zero attached hydrogens (tertiary/aromatic N) is 2. The molecule has 2 fully saturated rings. The molecule has 0 aromatic rings. The van der Waals surface area contributed by atoms with Crippen LogP contribution in [0.3, 0.4) is 0 Å². The molecule has 4 heteroatoms. The number of amides is 1. The van der Waals surface area contributed by atoms with Crippen LogP contribution in [0.1, 0.15) is 52.4 Å². The molecule has 4 nitrogen and oxygen atoms in total. The third-order valence-electron chi connectivity index (χ3n) is 4.84. The molecule has 2 rings (SSSR count). The van der Waals surface area contributed by atoms with Crippen LogP contribution < -0.4 is 5.32 Å². The van der Waals surface area contributed by atoms with E-state index in [-0.39, 0.29) is 0 Å². The zero-order valence-electron chi connectivity index (χ0n) is 13.4. The van der Waals surface area contributed by atoms with Crippen LogP contribution in [0.25, 0.3) is 0 Å². The number of carbonyl (C=O) groups is 1. The average molecular weight is 281 g/mol. The number of likely N-dealkylation sites (N-methyl/N-ethyl adjacent to an activating group) is 1. The molecule has 0 aromatic carbocycles. The van der Waals surface area contributed by atoms with Crippen molar-refractivity contribution in [3.8, 4) is 0 Å². The number of hydrogen-bond donors (Lipinski definition) is 1. The molecular weight excluding hydrogens is 250 g/mol. The van der Waals surface area contributed by atoms with Crippen molar-refractivity contribution in [3.63, 3.8) is 0 Å². The van der Waals surface area contributed by atoms with Gasteiger partial charge in [0.05, 0.1) is 6.54 Å². The summed E-state index contributed by atoms with van der Waals surface area (Å²) < 4.78 is 0. The molecule has 1 amide bonds. The molecular formula is C16H31N3O. The molecule has 1 unspecified atom stereocenters. The van der Waals surface area contributed by atoms with Crippen molar-refractivity contribution in [3.05, 3.63) is 0 Å². The third kappa shape index (κ3) is 3.95. The van der Waals surface area contributed by atoms with E-state index in [4.69, 9.17) is 0 Å². The van der Waals surface area contributed by atoms with Crippen LogP contribution in [-0.4, -0.2) is 60.5 Å². The molecule has 0 radical (unpaired) electrons. The Morgan fingerprint density at radius 2 is 1.95 bits per heavy atom. The largest absolute Gasteiger partial charge is 0.336 e. The molecule has 0 aromatic heterocycles. The van der Waals surface area contributed by atoms with Crippen molar-refractivity contribution in [2.24, 2.45) is 0 Å². The molecule has 20 heavy (non-hydrogen) atoms. The molecule has 0 bridgehead atoms. The smallest absolute Gasteiger partial charge is 0.237 e. The van der Waals surface area contributed by atoms with Crippen LogP contribution >= 0.6 is 0 Å². The second kappa shape index (κ2) is 7.41. The maximum atomic E-state index is 12.7. The first-order chi connectivity index (χ1) is 9.61. The van der Waals surface area contributed by atoms with Gasteiger partial charge in [0, 0.05) is 24.7 Å². The van der Waals surface area contributed by atoms with Gasteiger partial charge in [-0.05, 0) is 53.1 Å². The quantitative estimate of drug-likeness (QED) is 0.835. The van der Waals surface area contributed by atoms with E-state index in [1.54, 1.807) is 0 Å². The molecule has 1 aliphatic carbocycles. The lowest BCUT2D eigenvalue weighted by molar-refractivity contribution is -0.137. The highest BCUT2D eigenvalue weighted by atomic mass is 16.2. The minimum atomic E-state index is 0.329. The fourth-order valence-corrected chi connectivity index (χ4v) is 3.80. The normalized spacial score (nSPS) is 25.3. The van der Waals surface area contributed by atoms with Gasteiger partial charge in [0.1, 0.15) is 0 Å². The third-order valence-corrected chi connectivity index (χ3v) is 4.84. The molecule has 1 aliphatic heterocycles. The van der Waals surface area contributed by atoms with E-state index in [1.807, 2.05) is 7.05 Å². The minimum absolute atomic E-state index is 0.329. The summed E-state index contributed by atoms with van der Waals surface area (Å²) in [5, 5.41) is 3.35. The Kier molecular flexibility index (Phi) is 5.85. The van der Waals surface area contributed by atoms with Gasteiger partial charge in [-0.2, -0.15) is 0 Å². The molecule has 0 spiro atoms. The summed E-state index contributed by atoms with van der Waals surface area (Å²) in [6, 6.07) is 1.37. The van der Waals surface area contributed by atoms with Gasteiger partial charge < -0.3 is 10.2 Å². The highest BCUT2D eigenvalue weighted by Crippen LogP contribution is 2.25. The second-order valence-corrected chi connectivity index (χ2v) is 6.70. The number of likely N-dealkylation sites (tertiary alicyclic amines) is 1. The molecule has 116 valence electrons. The Hall–Kier alpha value is -0.610. The molecule has 1 saturated heterocycles. The Bertz CT molecular complexity index is 313. The van der Waals surface area contributed by atoms with Gasteiger partial charge in [0.25, 0.3) is 0 Å². The Balaban J connectivity index is 1.90. The first-order valence-corrected chi connectivity index (χ1v) is 8.32. The fourth-order valence-electron chi connectivity index (χ4n) is 3.80. The Morgan fingerprint density at radius 3 is 2.55 bits per heavy atom. The van der Waals surface area contributed by atoms with Gasteiger partial charge in [-0.1, -0.05) is 12.8 Å². The van der Waals surface area contributed by atoms with Crippen molar-refractivity contribution in [1.29, 1.82) is 0 Å². The highest BCUT2D eigenvalue weighted by Gasteiger charge is 2.30. The van der Waals surface area contributed by atoms with E-state index in [2.05, 4.69) is 29.0 Å². The summed E-state index contributed by atoms with van der Waals surface area (Å²) in [5.74, 6) is 0.337. The maximum Gasteiger partial charge on any atom is 0.237 e. The van der Waals surface area contributed by atoms with Crippen LogP contribution in [0, 0.1) is 0 Å². The first-order valence-electron chi connectivity index (χ1n) is 8.32. The predicted molar refractivity (Wildman–Crippen MR) is 82.8 cm³/mol. The highest BCUT2D eigenvalue weighted by molar-refractivity contribution is 5.79. The second-order valence-electron chi connectivity index (χ2n) is 6.70. The standard InChI is InChI=1S/C16H31N3O/c1-13(2)19(15-8-4-5-9-15)16(20)12-18-10-6-7-14(11-18)17-3/h13-15,17H,4-12H2,1-3H3. The van der Waals surface area contributed by atoms with Crippen molar-refractivity contribution in [2.45, 2.75) is 70.5 Å². The number of nitrogens with one attached hydrogen (secondary N) is 1. The average Bonchev–Trinajstić information content (AvgIpc) is 2.92.